The minimum absolute atomic E-state index is 0.00443. The third-order valence-corrected chi connectivity index (χ3v) is 10.8. The Morgan fingerprint density at radius 1 is 1.14 bits per heavy atom. The van der Waals surface area contributed by atoms with Crippen molar-refractivity contribution in [3.05, 3.63) is 43.4 Å². The fourth-order valence-corrected chi connectivity index (χ4v) is 8.60. The predicted octanol–water partition coefficient (Wildman–Crippen LogP) is 4.82. The van der Waals surface area contributed by atoms with Crippen molar-refractivity contribution in [2.24, 2.45) is 10.9 Å². The van der Waals surface area contributed by atoms with E-state index in [0.29, 0.717) is 44.0 Å². The number of sulfonamides is 1. The Hall–Kier alpha value is -1.47. The minimum Gasteiger partial charge on any atom is -0.465 e. The van der Waals surface area contributed by atoms with Crippen LogP contribution in [0.4, 0.5) is 0 Å². The number of hydrogen-bond donors (Lipinski definition) is 0. The molecule has 8 nitrogen and oxygen atoms in total. The molecule has 2 aromatic heterocycles. The number of benzene rings is 1. The van der Waals surface area contributed by atoms with Crippen molar-refractivity contribution in [2.75, 3.05) is 19.7 Å². The van der Waals surface area contributed by atoms with Gasteiger partial charge in [-0.25, -0.2) is 8.42 Å². The van der Waals surface area contributed by atoms with Gasteiger partial charge < -0.3 is 9.30 Å². The molecule has 35 heavy (non-hydrogen) atoms. The summed E-state index contributed by atoms with van der Waals surface area (Å²) in [5, 5.41) is 0.758. The van der Waals surface area contributed by atoms with Crippen LogP contribution in [0.3, 0.4) is 0 Å². The maximum absolute atomic E-state index is 13.2. The monoisotopic (exact) mass is 595 g/mol. The number of amides is 1. The Morgan fingerprint density at radius 2 is 1.89 bits per heavy atom. The fourth-order valence-electron chi connectivity index (χ4n) is 3.79. The molecule has 1 unspecified atom stereocenters. The van der Waals surface area contributed by atoms with Gasteiger partial charge in [0.15, 0.2) is 4.80 Å². The molecule has 3 aromatic rings. The topological polar surface area (TPSA) is 98.0 Å². The van der Waals surface area contributed by atoms with Gasteiger partial charge in [-0.1, -0.05) is 46.1 Å². The van der Waals surface area contributed by atoms with Gasteiger partial charge in [0.1, 0.15) is 10.8 Å². The minimum atomic E-state index is -3.77. The van der Waals surface area contributed by atoms with Crippen molar-refractivity contribution in [3.8, 4) is 0 Å². The molecule has 1 aromatic carbocycles. The van der Waals surface area contributed by atoms with Crippen LogP contribution in [-0.4, -0.2) is 48.9 Å². The van der Waals surface area contributed by atoms with Crippen molar-refractivity contribution in [2.45, 2.75) is 30.5 Å². The highest BCUT2D eigenvalue weighted by molar-refractivity contribution is 7.91. The number of carbonyl (C=O) groups excluding carboxylic acids is 2. The lowest BCUT2D eigenvalue weighted by atomic mass is 9.99. The van der Waals surface area contributed by atoms with Crippen LogP contribution in [0.1, 0.15) is 19.8 Å². The van der Waals surface area contributed by atoms with E-state index in [1.807, 2.05) is 0 Å². The van der Waals surface area contributed by atoms with Gasteiger partial charge in [0, 0.05) is 13.1 Å². The lowest BCUT2D eigenvalue weighted by Crippen LogP contribution is -2.42. The number of nitrogens with zero attached hydrogens (tertiary/aromatic N) is 3. The van der Waals surface area contributed by atoms with Gasteiger partial charge in [0.25, 0.3) is 15.9 Å². The number of fused-ring (bicyclic) bond motifs is 1. The molecule has 1 aliphatic heterocycles. The van der Waals surface area contributed by atoms with Crippen LogP contribution in [0, 0.1) is 5.92 Å². The van der Waals surface area contributed by atoms with Crippen LogP contribution in [0.25, 0.3) is 10.2 Å². The molecule has 0 radical (unpaired) electrons. The standard InChI is InChI=1S/C21H20Cl3N3O5S3/c1-2-32-16(28)11-27-18-13(22)5-6-14(23)19(18)34-21(27)25-20(29)12-4-3-9-26(10-12)35(30,31)17-8-7-15(24)33-17/h5-8,12H,2-4,9-11H2,1H3. The average molecular weight is 597 g/mol. The highest BCUT2D eigenvalue weighted by Gasteiger charge is 2.34. The van der Waals surface area contributed by atoms with Crippen LogP contribution in [0.5, 0.6) is 0 Å². The average Bonchev–Trinajstić information content (AvgIpc) is 3.42. The van der Waals surface area contributed by atoms with E-state index in [1.54, 1.807) is 19.1 Å². The molecule has 1 atom stereocenters. The number of rotatable bonds is 6. The number of halogens is 3. The summed E-state index contributed by atoms with van der Waals surface area (Å²) in [6.45, 7) is 2.00. The second-order valence-corrected chi connectivity index (χ2v) is 13.4. The van der Waals surface area contributed by atoms with Crippen molar-refractivity contribution in [1.82, 2.24) is 8.87 Å². The largest absolute Gasteiger partial charge is 0.465 e. The van der Waals surface area contributed by atoms with Gasteiger partial charge in [-0.2, -0.15) is 9.30 Å². The molecule has 1 saturated heterocycles. The van der Waals surface area contributed by atoms with Gasteiger partial charge in [0.05, 0.1) is 37.1 Å². The Kier molecular flexibility index (Phi) is 8.26. The van der Waals surface area contributed by atoms with Crippen molar-refractivity contribution >= 4 is 89.6 Å². The maximum atomic E-state index is 13.2. The van der Waals surface area contributed by atoms with E-state index >= 15 is 0 Å². The molecule has 0 aliphatic carbocycles. The highest BCUT2D eigenvalue weighted by Crippen LogP contribution is 2.33. The van der Waals surface area contributed by atoms with Crippen LogP contribution < -0.4 is 4.80 Å². The van der Waals surface area contributed by atoms with E-state index in [4.69, 9.17) is 39.5 Å². The van der Waals surface area contributed by atoms with Crippen LogP contribution in [-0.2, 0) is 30.9 Å². The van der Waals surface area contributed by atoms with E-state index in [9.17, 15) is 18.0 Å². The molecule has 3 heterocycles. The van der Waals surface area contributed by atoms with Gasteiger partial charge in [0.2, 0.25) is 0 Å². The number of thiazole rings is 1. The summed E-state index contributed by atoms with van der Waals surface area (Å²) < 4.78 is 35.0. The Balaban J connectivity index is 1.68. The molecular formula is C21H20Cl3N3O5S3. The molecule has 0 bridgehead atoms. The predicted molar refractivity (Wildman–Crippen MR) is 138 cm³/mol. The summed E-state index contributed by atoms with van der Waals surface area (Å²) in [6, 6.07) is 6.22. The van der Waals surface area contributed by atoms with E-state index in [0.717, 1.165) is 22.7 Å². The fraction of sp³-hybridized carbons (Fsp3) is 0.381. The van der Waals surface area contributed by atoms with Crippen LogP contribution in [0.15, 0.2) is 33.5 Å². The second-order valence-electron chi connectivity index (χ2n) is 7.69. The van der Waals surface area contributed by atoms with E-state index in [1.165, 1.54) is 21.0 Å². The molecule has 1 fully saturated rings. The smallest absolute Gasteiger partial charge is 0.326 e. The third-order valence-electron chi connectivity index (χ3n) is 5.40. The summed E-state index contributed by atoms with van der Waals surface area (Å²) in [6.07, 6.45) is 1.00. The van der Waals surface area contributed by atoms with Gasteiger partial charge >= 0.3 is 5.97 Å². The number of piperidine rings is 1. The SMILES string of the molecule is CCOC(=O)Cn1c(=NC(=O)C2CCCN(S(=O)(=O)c3ccc(Cl)s3)C2)sc2c(Cl)ccc(Cl)c21. The summed E-state index contributed by atoms with van der Waals surface area (Å²) in [5.74, 6) is -1.63. The number of ether oxygens (including phenoxy) is 1. The quantitative estimate of drug-likeness (QED) is 0.380. The number of carbonyl (C=O) groups is 2. The zero-order chi connectivity index (χ0) is 25.3. The first-order chi connectivity index (χ1) is 16.6. The Morgan fingerprint density at radius 3 is 2.57 bits per heavy atom. The molecule has 0 saturated carbocycles. The summed E-state index contributed by atoms with van der Waals surface area (Å²) in [7, 11) is -3.77. The van der Waals surface area contributed by atoms with Crippen LogP contribution in [0.2, 0.25) is 14.4 Å². The van der Waals surface area contributed by atoms with Crippen molar-refractivity contribution in [3.63, 3.8) is 0 Å². The first kappa shape index (κ1) is 26.6. The molecule has 0 spiro atoms. The molecule has 188 valence electrons. The molecule has 1 aliphatic rings. The molecule has 4 rings (SSSR count). The number of aromatic nitrogens is 1. The zero-order valence-electron chi connectivity index (χ0n) is 18.4. The van der Waals surface area contributed by atoms with Crippen LogP contribution >= 0.6 is 57.5 Å². The first-order valence-electron chi connectivity index (χ1n) is 10.6. The summed E-state index contributed by atoms with van der Waals surface area (Å²) >= 11 is 20.7. The molecule has 0 N–H and O–H groups in total. The summed E-state index contributed by atoms with van der Waals surface area (Å²) in [4.78, 5) is 30.0. The summed E-state index contributed by atoms with van der Waals surface area (Å²) in [5.41, 5.74) is 0.478. The lowest BCUT2D eigenvalue weighted by Gasteiger charge is -2.29. The second kappa shape index (κ2) is 10.9. The molecule has 1 amide bonds. The normalized spacial score (nSPS) is 17.7. The zero-order valence-corrected chi connectivity index (χ0v) is 23.1. The third kappa shape index (κ3) is 5.61. The Labute approximate surface area is 224 Å². The van der Waals surface area contributed by atoms with E-state index in [2.05, 4.69) is 4.99 Å². The molecular weight excluding hydrogens is 577 g/mol. The van der Waals surface area contributed by atoms with Gasteiger partial charge in [-0.3, -0.25) is 9.59 Å². The number of hydrogen-bond acceptors (Lipinski definition) is 7. The van der Waals surface area contributed by atoms with Gasteiger partial charge in [-0.15, -0.1) is 11.3 Å². The van der Waals surface area contributed by atoms with E-state index in [-0.39, 0.29) is 28.7 Å². The number of esters is 1. The highest BCUT2D eigenvalue weighted by atomic mass is 35.5. The van der Waals surface area contributed by atoms with Crippen molar-refractivity contribution < 1.29 is 22.7 Å². The Bertz CT molecular complexity index is 1460. The van der Waals surface area contributed by atoms with Crippen molar-refractivity contribution in [1.29, 1.82) is 0 Å². The maximum Gasteiger partial charge on any atom is 0.326 e. The lowest BCUT2D eigenvalue weighted by molar-refractivity contribution is -0.143. The van der Waals surface area contributed by atoms with Gasteiger partial charge in [-0.05, 0) is 44.0 Å². The molecule has 14 heteroatoms. The number of thiophene rings is 1. The first-order valence-corrected chi connectivity index (χ1v) is 14.8. The van der Waals surface area contributed by atoms with E-state index < -0.39 is 27.8 Å².